The Morgan fingerprint density at radius 1 is 1.48 bits per heavy atom. The number of hydrogen-bond donors (Lipinski definition) is 1. The molecule has 1 fully saturated rings. The summed E-state index contributed by atoms with van der Waals surface area (Å²) in [5.41, 5.74) is 2.26. The molecule has 2 heterocycles. The third-order valence-corrected chi connectivity index (χ3v) is 4.40. The number of morpholine rings is 1. The summed E-state index contributed by atoms with van der Waals surface area (Å²) in [5, 5.41) is 13.7. The van der Waals surface area contributed by atoms with Crippen molar-refractivity contribution in [2.75, 3.05) is 31.6 Å². The summed E-state index contributed by atoms with van der Waals surface area (Å²) < 4.78 is 5.51. The molecule has 0 saturated carbocycles. The third-order valence-electron chi connectivity index (χ3n) is 4.40. The van der Waals surface area contributed by atoms with E-state index < -0.39 is 0 Å². The molecule has 1 aliphatic heterocycles. The van der Waals surface area contributed by atoms with Crippen LogP contribution in [0, 0.1) is 11.3 Å². The van der Waals surface area contributed by atoms with Crippen molar-refractivity contribution in [3.05, 3.63) is 36.0 Å². The monoisotopic (exact) mass is 310 g/mol. The number of fused-ring (bicyclic) bond motifs is 1. The van der Waals surface area contributed by atoms with Crippen LogP contribution in [0.2, 0.25) is 0 Å². The molecule has 3 rings (SSSR count). The van der Waals surface area contributed by atoms with Gasteiger partial charge in [0.25, 0.3) is 0 Å². The van der Waals surface area contributed by atoms with E-state index in [1.54, 1.807) is 0 Å². The zero-order valence-corrected chi connectivity index (χ0v) is 13.6. The lowest BCUT2D eigenvalue weighted by Gasteiger charge is -2.38. The Bertz CT molecular complexity index is 725. The average molecular weight is 310 g/mol. The number of nitriles is 1. The molecule has 5 nitrogen and oxygen atoms in total. The van der Waals surface area contributed by atoms with Crippen LogP contribution in [0.4, 0.5) is 5.69 Å². The molecule has 1 aromatic carbocycles. The summed E-state index contributed by atoms with van der Waals surface area (Å²) >= 11 is 0. The van der Waals surface area contributed by atoms with Crippen molar-refractivity contribution in [2.45, 2.75) is 25.9 Å². The molecular weight excluding hydrogens is 288 g/mol. The molecule has 1 aliphatic rings. The Morgan fingerprint density at radius 3 is 3.09 bits per heavy atom. The Labute approximate surface area is 136 Å². The number of hydrogen-bond acceptors (Lipinski definition) is 5. The van der Waals surface area contributed by atoms with E-state index in [1.807, 2.05) is 30.3 Å². The van der Waals surface area contributed by atoms with Gasteiger partial charge in [-0.15, -0.1) is 0 Å². The van der Waals surface area contributed by atoms with Crippen LogP contribution >= 0.6 is 0 Å². The van der Waals surface area contributed by atoms with E-state index in [0.29, 0.717) is 17.8 Å². The van der Waals surface area contributed by atoms with Crippen molar-refractivity contribution < 1.29 is 4.74 Å². The summed E-state index contributed by atoms with van der Waals surface area (Å²) in [6, 6.07) is 12.7. The predicted octanol–water partition coefficient (Wildman–Crippen LogP) is 2.63. The molecule has 0 amide bonds. The van der Waals surface area contributed by atoms with Gasteiger partial charge in [-0.2, -0.15) is 5.26 Å². The summed E-state index contributed by atoms with van der Waals surface area (Å²) in [4.78, 5) is 6.82. The minimum absolute atomic E-state index is 0.395. The molecule has 23 heavy (non-hydrogen) atoms. The third kappa shape index (κ3) is 3.44. The van der Waals surface area contributed by atoms with Crippen LogP contribution in [-0.4, -0.2) is 48.3 Å². The first-order chi connectivity index (χ1) is 11.2. The number of nitrogens with one attached hydrogen (secondary N) is 1. The van der Waals surface area contributed by atoms with Crippen LogP contribution in [0.1, 0.15) is 19.5 Å². The smallest absolute Gasteiger partial charge is 0.143 e. The van der Waals surface area contributed by atoms with Gasteiger partial charge in [-0.25, -0.2) is 4.98 Å². The van der Waals surface area contributed by atoms with Gasteiger partial charge in [0.05, 0.1) is 18.7 Å². The second kappa shape index (κ2) is 6.95. The largest absolute Gasteiger partial charge is 0.383 e. The number of anilines is 1. The van der Waals surface area contributed by atoms with E-state index >= 15 is 0 Å². The van der Waals surface area contributed by atoms with Gasteiger partial charge in [0, 0.05) is 36.2 Å². The zero-order valence-electron chi connectivity index (χ0n) is 13.6. The molecule has 0 radical (unpaired) electrons. The van der Waals surface area contributed by atoms with Crippen molar-refractivity contribution >= 4 is 16.6 Å². The first kappa shape index (κ1) is 15.7. The fourth-order valence-electron chi connectivity index (χ4n) is 3.15. The highest BCUT2D eigenvalue weighted by Gasteiger charge is 2.23. The Morgan fingerprint density at radius 2 is 2.30 bits per heavy atom. The van der Waals surface area contributed by atoms with Gasteiger partial charge in [0.2, 0.25) is 0 Å². The SMILES string of the molecule is CC(CNc1cc(C#N)nc2ccccc12)N1CCOCC1C. The van der Waals surface area contributed by atoms with E-state index in [2.05, 4.69) is 35.1 Å². The van der Waals surface area contributed by atoms with Crippen molar-refractivity contribution in [1.29, 1.82) is 5.26 Å². The van der Waals surface area contributed by atoms with Crippen molar-refractivity contribution in [3.63, 3.8) is 0 Å². The second-order valence-corrected chi connectivity index (χ2v) is 6.08. The maximum atomic E-state index is 9.18. The quantitative estimate of drug-likeness (QED) is 0.940. The molecule has 120 valence electrons. The lowest BCUT2D eigenvalue weighted by Crippen LogP contribution is -2.50. The van der Waals surface area contributed by atoms with Gasteiger partial charge in [0.15, 0.2) is 0 Å². The van der Waals surface area contributed by atoms with Gasteiger partial charge >= 0.3 is 0 Å². The number of pyridine rings is 1. The van der Waals surface area contributed by atoms with Gasteiger partial charge in [-0.05, 0) is 26.0 Å². The van der Waals surface area contributed by atoms with E-state index in [1.165, 1.54) is 0 Å². The molecule has 0 spiro atoms. The normalized spacial score (nSPS) is 20.1. The van der Waals surface area contributed by atoms with E-state index in [0.717, 1.165) is 42.9 Å². The van der Waals surface area contributed by atoms with Crippen LogP contribution in [-0.2, 0) is 4.74 Å². The molecule has 2 aromatic rings. The van der Waals surface area contributed by atoms with Gasteiger partial charge in [0.1, 0.15) is 11.8 Å². The van der Waals surface area contributed by atoms with Crippen LogP contribution in [0.3, 0.4) is 0 Å². The first-order valence-corrected chi connectivity index (χ1v) is 8.06. The Balaban J connectivity index is 1.77. The molecule has 0 bridgehead atoms. The highest BCUT2D eigenvalue weighted by Crippen LogP contribution is 2.23. The van der Waals surface area contributed by atoms with Crippen molar-refractivity contribution in [2.24, 2.45) is 0 Å². The summed E-state index contributed by atoms with van der Waals surface area (Å²) in [7, 11) is 0. The van der Waals surface area contributed by atoms with E-state index in [4.69, 9.17) is 4.74 Å². The maximum Gasteiger partial charge on any atom is 0.143 e. The number of para-hydroxylation sites is 1. The van der Waals surface area contributed by atoms with Gasteiger partial charge in [-0.1, -0.05) is 18.2 Å². The zero-order chi connectivity index (χ0) is 16.2. The lowest BCUT2D eigenvalue weighted by atomic mass is 10.1. The number of ether oxygens (including phenoxy) is 1. The number of aromatic nitrogens is 1. The number of rotatable bonds is 4. The van der Waals surface area contributed by atoms with Crippen LogP contribution < -0.4 is 5.32 Å². The Kier molecular flexibility index (Phi) is 4.75. The second-order valence-electron chi connectivity index (χ2n) is 6.08. The molecule has 1 aromatic heterocycles. The highest BCUT2D eigenvalue weighted by molar-refractivity contribution is 5.91. The van der Waals surface area contributed by atoms with Crippen LogP contribution in [0.5, 0.6) is 0 Å². The Hall–Kier alpha value is -2.16. The minimum Gasteiger partial charge on any atom is -0.383 e. The number of nitrogens with zero attached hydrogens (tertiary/aromatic N) is 3. The summed E-state index contributed by atoms with van der Waals surface area (Å²) in [6.07, 6.45) is 0. The fourth-order valence-corrected chi connectivity index (χ4v) is 3.15. The molecule has 1 N–H and O–H groups in total. The van der Waals surface area contributed by atoms with E-state index in [-0.39, 0.29) is 0 Å². The lowest BCUT2D eigenvalue weighted by molar-refractivity contribution is -0.0159. The average Bonchev–Trinajstić information content (AvgIpc) is 2.59. The molecule has 2 unspecified atom stereocenters. The summed E-state index contributed by atoms with van der Waals surface area (Å²) in [6.45, 7) is 7.80. The summed E-state index contributed by atoms with van der Waals surface area (Å²) in [5.74, 6) is 0. The topological polar surface area (TPSA) is 61.2 Å². The van der Waals surface area contributed by atoms with Gasteiger partial charge in [-0.3, -0.25) is 4.90 Å². The number of benzene rings is 1. The molecule has 0 aliphatic carbocycles. The van der Waals surface area contributed by atoms with Gasteiger partial charge < -0.3 is 10.1 Å². The standard InChI is InChI=1S/C18H22N4O/c1-13(22-7-8-23-12-14(22)2)11-20-18-9-15(10-19)21-17-6-4-3-5-16(17)18/h3-6,9,13-14H,7-8,11-12H2,1-2H3,(H,20,21). The van der Waals surface area contributed by atoms with E-state index in [9.17, 15) is 5.26 Å². The van der Waals surface area contributed by atoms with Crippen LogP contribution in [0.25, 0.3) is 10.9 Å². The fraction of sp³-hybridized carbons (Fsp3) is 0.444. The molecule has 1 saturated heterocycles. The highest BCUT2D eigenvalue weighted by atomic mass is 16.5. The minimum atomic E-state index is 0.395. The van der Waals surface area contributed by atoms with Crippen molar-refractivity contribution in [3.8, 4) is 6.07 Å². The predicted molar refractivity (Wildman–Crippen MR) is 91.4 cm³/mol. The molecular formula is C18H22N4O. The molecule has 5 heteroatoms. The van der Waals surface area contributed by atoms with Crippen molar-refractivity contribution in [1.82, 2.24) is 9.88 Å². The molecule has 2 atom stereocenters. The van der Waals surface area contributed by atoms with Crippen LogP contribution in [0.15, 0.2) is 30.3 Å². The first-order valence-electron chi connectivity index (χ1n) is 8.06. The maximum absolute atomic E-state index is 9.18.